The lowest BCUT2D eigenvalue weighted by Crippen LogP contribution is -2.25. The number of hydrogen-bond donors (Lipinski definition) is 0. The molecule has 4 heteroatoms. The molecule has 144 valence electrons. The van der Waals surface area contributed by atoms with Gasteiger partial charge in [-0.2, -0.15) is 13.2 Å². The molecule has 0 aliphatic heterocycles. The third kappa shape index (κ3) is 5.33. The van der Waals surface area contributed by atoms with Gasteiger partial charge in [0.15, 0.2) is 0 Å². The maximum Gasteiger partial charge on any atom is 0.416 e. The SMILES string of the molecule is C=C(CN(Cc1ccccc1)Cc1ccccc1)c1ccccc1C(F)(F)F. The van der Waals surface area contributed by atoms with Gasteiger partial charge in [0, 0.05) is 19.6 Å². The summed E-state index contributed by atoms with van der Waals surface area (Å²) in [6.07, 6.45) is -4.40. The first-order valence-electron chi connectivity index (χ1n) is 9.08. The molecule has 0 fully saturated rings. The zero-order chi connectivity index (χ0) is 20.0. The van der Waals surface area contributed by atoms with Gasteiger partial charge in [0.25, 0.3) is 0 Å². The monoisotopic (exact) mass is 381 g/mol. The summed E-state index contributed by atoms with van der Waals surface area (Å²) in [6, 6.07) is 25.4. The van der Waals surface area contributed by atoms with Gasteiger partial charge < -0.3 is 0 Å². The van der Waals surface area contributed by atoms with Gasteiger partial charge in [-0.15, -0.1) is 0 Å². The molecule has 0 amide bonds. The van der Waals surface area contributed by atoms with Crippen molar-refractivity contribution in [3.63, 3.8) is 0 Å². The van der Waals surface area contributed by atoms with E-state index in [-0.39, 0.29) is 5.56 Å². The van der Waals surface area contributed by atoms with Gasteiger partial charge in [-0.05, 0) is 28.3 Å². The minimum absolute atomic E-state index is 0.154. The largest absolute Gasteiger partial charge is 0.416 e. The minimum Gasteiger partial charge on any atom is -0.291 e. The fourth-order valence-electron chi connectivity index (χ4n) is 3.24. The predicted molar refractivity (Wildman–Crippen MR) is 107 cm³/mol. The third-order valence-electron chi connectivity index (χ3n) is 4.53. The van der Waals surface area contributed by atoms with Crippen LogP contribution in [0.3, 0.4) is 0 Å². The van der Waals surface area contributed by atoms with Crippen molar-refractivity contribution in [1.29, 1.82) is 0 Å². The van der Waals surface area contributed by atoms with Crippen molar-refractivity contribution in [1.82, 2.24) is 4.90 Å². The molecule has 0 N–H and O–H groups in total. The van der Waals surface area contributed by atoms with Gasteiger partial charge in [-0.3, -0.25) is 4.90 Å². The van der Waals surface area contributed by atoms with E-state index in [4.69, 9.17) is 0 Å². The number of alkyl halides is 3. The van der Waals surface area contributed by atoms with Gasteiger partial charge in [0.1, 0.15) is 0 Å². The Hall–Kier alpha value is -2.85. The van der Waals surface area contributed by atoms with Crippen molar-refractivity contribution in [2.45, 2.75) is 19.3 Å². The van der Waals surface area contributed by atoms with Crippen LogP contribution in [-0.2, 0) is 19.3 Å². The van der Waals surface area contributed by atoms with Crippen LogP contribution in [0.2, 0.25) is 0 Å². The van der Waals surface area contributed by atoms with Gasteiger partial charge in [0.05, 0.1) is 5.56 Å². The zero-order valence-electron chi connectivity index (χ0n) is 15.5. The molecule has 0 aromatic heterocycles. The lowest BCUT2D eigenvalue weighted by Gasteiger charge is -2.25. The van der Waals surface area contributed by atoms with Crippen LogP contribution in [0.25, 0.3) is 5.57 Å². The highest BCUT2D eigenvalue weighted by Gasteiger charge is 2.33. The summed E-state index contributed by atoms with van der Waals surface area (Å²) < 4.78 is 40.2. The number of rotatable bonds is 7. The summed E-state index contributed by atoms with van der Waals surface area (Å²) in [5.41, 5.74) is 2.19. The average Bonchev–Trinajstić information content (AvgIpc) is 2.69. The fraction of sp³-hybridized carbons (Fsp3) is 0.167. The van der Waals surface area contributed by atoms with E-state index in [0.717, 1.165) is 17.2 Å². The van der Waals surface area contributed by atoms with E-state index in [1.165, 1.54) is 12.1 Å². The van der Waals surface area contributed by atoms with Gasteiger partial charge >= 0.3 is 6.18 Å². The molecule has 1 nitrogen and oxygen atoms in total. The van der Waals surface area contributed by atoms with Crippen molar-refractivity contribution in [3.05, 3.63) is 114 Å². The van der Waals surface area contributed by atoms with Gasteiger partial charge in [0.2, 0.25) is 0 Å². The molecule has 0 atom stereocenters. The zero-order valence-corrected chi connectivity index (χ0v) is 15.5. The summed E-state index contributed by atoms with van der Waals surface area (Å²) >= 11 is 0. The highest BCUT2D eigenvalue weighted by Crippen LogP contribution is 2.34. The first-order chi connectivity index (χ1) is 13.4. The topological polar surface area (TPSA) is 3.24 Å². The molecule has 0 bridgehead atoms. The minimum atomic E-state index is -4.40. The van der Waals surface area contributed by atoms with E-state index in [0.29, 0.717) is 25.2 Å². The summed E-state index contributed by atoms with van der Waals surface area (Å²) in [7, 11) is 0. The van der Waals surface area contributed by atoms with Crippen LogP contribution in [-0.4, -0.2) is 11.4 Å². The van der Waals surface area contributed by atoms with E-state index >= 15 is 0 Å². The molecular formula is C24H22F3N. The molecule has 0 spiro atoms. The maximum absolute atomic E-state index is 13.4. The molecule has 0 saturated carbocycles. The Morgan fingerprint density at radius 1 is 0.714 bits per heavy atom. The smallest absolute Gasteiger partial charge is 0.291 e. The molecule has 0 unspecified atom stereocenters. The van der Waals surface area contributed by atoms with Crippen LogP contribution >= 0.6 is 0 Å². The molecule has 3 aromatic rings. The number of nitrogens with zero attached hydrogens (tertiary/aromatic N) is 1. The summed E-state index contributed by atoms with van der Waals surface area (Å²) in [5, 5.41) is 0. The van der Waals surface area contributed by atoms with Crippen LogP contribution in [0.1, 0.15) is 22.3 Å². The van der Waals surface area contributed by atoms with Crippen molar-refractivity contribution in [2.75, 3.05) is 6.54 Å². The number of benzene rings is 3. The summed E-state index contributed by atoms with van der Waals surface area (Å²) in [6.45, 7) is 5.58. The molecule has 0 aliphatic rings. The van der Waals surface area contributed by atoms with Crippen molar-refractivity contribution in [2.24, 2.45) is 0 Å². The average molecular weight is 381 g/mol. The maximum atomic E-state index is 13.4. The quantitative estimate of drug-likeness (QED) is 0.456. The van der Waals surface area contributed by atoms with E-state index in [9.17, 15) is 13.2 Å². The Morgan fingerprint density at radius 3 is 1.68 bits per heavy atom. The molecule has 28 heavy (non-hydrogen) atoms. The first kappa shape index (κ1) is 19.9. The summed E-state index contributed by atoms with van der Waals surface area (Å²) in [4.78, 5) is 2.11. The summed E-state index contributed by atoms with van der Waals surface area (Å²) in [5.74, 6) is 0. The van der Waals surface area contributed by atoms with E-state index in [2.05, 4.69) is 11.5 Å². The Kier molecular flexibility index (Phi) is 6.32. The molecular weight excluding hydrogens is 359 g/mol. The predicted octanol–water partition coefficient (Wildman–Crippen LogP) is 6.42. The second-order valence-corrected chi connectivity index (χ2v) is 6.76. The van der Waals surface area contributed by atoms with Crippen LogP contribution in [0.15, 0.2) is 91.5 Å². The van der Waals surface area contributed by atoms with Crippen molar-refractivity contribution in [3.8, 4) is 0 Å². The molecule has 3 aromatic carbocycles. The Morgan fingerprint density at radius 2 is 1.18 bits per heavy atom. The number of halogens is 3. The molecule has 0 aliphatic carbocycles. The molecule has 0 heterocycles. The number of hydrogen-bond acceptors (Lipinski definition) is 1. The standard InChI is InChI=1S/C24H22F3N/c1-19(22-14-8-9-15-23(22)24(25,26)27)16-28(17-20-10-4-2-5-11-20)18-21-12-6-3-7-13-21/h2-15H,1,16-18H2. The molecule has 0 saturated heterocycles. The fourth-order valence-corrected chi connectivity index (χ4v) is 3.24. The lowest BCUT2D eigenvalue weighted by molar-refractivity contribution is -0.137. The third-order valence-corrected chi connectivity index (χ3v) is 4.53. The van der Waals surface area contributed by atoms with Crippen molar-refractivity contribution < 1.29 is 13.2 Å². The second-order valence-electron chi connectivity index (χ2n) is 6.76. The van der Waals surface area contributed by atoms with Gasteiger partial charge in [-0.25, -0.2) is 0 Å². The van der Waals surface area contributed by atoms with Crippen LogP contribution in [0, 0.1) is 0 Å². The van der Waals surface area contributed by atoms with E-state index in [1.54, 1.807) is 6.07 Å². The second kappa shape index (κ2) is 8.89. The molecule has 0 radical (unpaired) electrons. The first-order valence-corrected chi connectivity index (χ1v) is 9.08. The Labute approximate surface area is 163 Å². The van der Waals surface area contributed by atoms with Gasteiger partial charge in [-0.1, -0.05) is 85.4 Å². The molecule has 3 rings (SSSR count). The van der Waals surface area contributed by atoms with E-state index in [1.807, 2.05) is 60.7 Å². The highest BCUT2D eigenvalue weighted by atomic mass is 19.4. The lowest BCUT2D eigenvalue weighted by atomic mass is 9.99. The van der Waals surface area contributed by atoms with Crippen LogP contribution in [0.4, 0.5) is 13.2 Å². The normalized spacial score (nSPS) is 11.6. The van der Waals surface area contributed by atoms with Crippen LogP contribution in [0.5, 0.6) is 0 Å². The highest BCUT2D eigenvalue weighted by molar-refractivity contribution is 5.68. The van der Waals surface area contributed by atoms with Crippen molar-refractivity contribution >= 4 is 5.57 Å². The Bertz CT molecular complexity index is 860. The Balaban J connectivity index is 1.84. The van der Waals surface area contributed by atoms with E-state index < -0.39 is 11.7 Å². The van der Waals surface area contributed by atoms with Crippen LogP contribution < -0.4 is 0 Å².